The van der Waals surface area contributed by atoms with E-state index in [1.807, 2.05) is 6.20 Å². The Balaban J connectivity index is 2.32. The summed E-state index contributed by atoms with van der Waals surface area (Å²) in [6, 6.07) is 11.2. The highest BCUT2D eigenvalue weighted by Crippen LogP contribution is 2.51. The zero-order valence-electron chi connectivity index (χ0n) is 17.9. The minimum atomic E-state index is 0.00491. The fourth-order valence-corrected chi connectivity index (χ4v) is 4.33. The van der Waals surface area contributed by atoms with Crippen LogP contribution in [0, 0.1) is 0 Å². The van der Waals surface area contributed by atoms with Crippen molar-refractivity contribution in [3.8, 4) is 11.3 Å². The summed E-state index contributed by atoms with van der Waals surface area (Å²) in [6.07, 6.45) is 1.96. The predicted molar refractivity (Wildman–Crippen MR) is 113 cm³/mol. The molecular weight excluding hydrogens is 314 g/mol. The molecule has 0 fully saturated rings. The van der Waals surface area contributed by atoms with E-state index in [-0.39, 0.29) is 16.2 Å². The van der Waals surface area contributed by atoms with Crippen LogP contribution in [0.3, 0.4) is 0 Å². The Morgan fingerprint density at radius 1 is 0.846 bits per heavy atom. The molecular formula is C25H33N. The fraction of sp³-hybridized carbons (Fsp3) is 0.480. The standard InChI is InChI=1S/C25H33N/c1-16-17(2)25(8,9)22-19(11-10-12-20(22)24(16,6)7)21-15-18(13-14-26-21)23(3,4)5/h10-15H,1-9H3. The smallest absolute Gasteiger partial charge is 0.0708 e. The first-order valence-electron chi connectivity index (χ1n) is 9.68. The molecule has 3 rings (SSSR count). The van der Waals surface area contributed by atoms with E-state index in [1.54, 1.807) is 0 Å². The Kier molecular flexibility index (Phi) is 4.22. The second-order valence-electron chi connectivity index (χ2n) is 9.91. The van der Waals surface area contributed by atoms with E-state index in [9.17, 15) is 0 Å². The minimum Gasteiger partial charge on any atom is -0.256 e. The van der Waals surface area contributed by atoms with Crippen molar-refractivity contribution in [1.29, 1.82) is 0 Å². The maximum Gasteiger partial charge on any atom is 0.0708 e. The molecule has 1 aromatic carbocycles. The van der Waals surface area contributed by atoms with Crippen LogP contribution in [0.25, 0.3) is 11.3 Å². The van der Waals surface area contributed by atoms with Gasteiger partial charge in [-0.15, -0.1) is 0 Å². The monoisotopic (exact) mass is 347 g/mol. The Morgan fingerprint density at radius 3 is 2.08 bits per heavy atom. The Morgan fingerprint density at radius 2 is 1.46 bits per heavy atom. The fourth-order valence-electron chi connectivity index (χ4n) is 4.33. The van der Waals surface area contributed by atoms with E-state index < -0.39 is 0 Å². The average Bonchev–Trinajstić information content (AvgIpc) is 2.58. The first kappa shape index (κ1) is 18.9. The quantitative estimate of drug-likeness (QED) is 0.508. The molecule has 2 aromatic rings. The summed E-state index contributed by atoms with van der Waals surface area (Å²) >= 11 is 0. The number of rotatable bonds is 1. The molecule has 1 nitrogen and oxygen atoms in total. The summed E-state index contributed by atoms with van der Waals surface area (Å²) in [7, 11) is 0. The first-order chi connectivity index (χ1) is 11.9. The van der Waals surface area contributed by atoms with Gasteiger partial charge in [0, 0.05) is 22.6 Å². The number of aromatic nitrogens is 1. The molecule has 1 heterocycles. The van der Waals surface area contributed by atoms with E-state index >= 15 is 0 Å². The summed E-state index contributed by atoms with van der Waals surface area (Å²) in [5, 5.41) is 0. The predicted octanol–water partition coefficient (Wildman–Crippen LogP) is 6.95. The van der Waals surface area contributed by atoms with Crippen molar-refractivity contribution in [2.45, 2.75) is 78.6 Å². The third kappa shape index (κ3) is 2.73. The Hall–Kier alpha value is -1.89. The summed E-state index contributed by atoms with van der Waals surface area (Å²) in [6.45, 7) is 20.8. The van der Waals surface area contributed by atoms with Gasteiger partial charge >= 0.3 is 0 Å². The molecule has 0 bridgehead atoms. The van der Waals surface area contributed by atoms with Crippen molar-refractivity contribution < 1.29 is 0 Å². The van der Waals surface area contributed by atoms with E-state index in [0.717, 1.165) is 5.69 Å². The normalized spacial score (nSPS) is 18.7. The third-order valence-corrected chi connectivity index (χ3v) is 6.70. The number of nitrogens with zero attached hydrogens (tertiary/aromatic N) is 1. The number of hydrogen-bond donors (Lipinski definition) is 0. The van der Waals surface area contributed by atoms with Gasteiger partial charge in [0.15, 0.2) is 0 Å². The van der Waals surface area contributed by atoms with Gasteiger partial charge < -0.3 is 0 Å². The van der Waals surface area contributed by atoms with Crippen molar-refractivity contribution >= 4 is 0 Å². The molecule has 0 amide bonds. The van der Waals surface area contributed by atoms with Crippen molar-refractivity contribution in [2.24, 2.45) is 0 Å². The van der Waals surface area contributed by atoms with Crippen LogP contribution in [-0.2, 0) is 16.2 Å². The van der Waals surface area contributed by atoms with Crippen molar-refractivity contribution in [3.05, 3.63) is 64.4 Å². The van der Waals surface area contributed by atoms with Crippen LogP contribution >= 0.6 is 0 Å². The highest BCUT2D eigenvalue weighted by Gasteiger charge is 2.41. The second-order valence-corrected chi connectivity index (χ2v) is 9.91. The van der Waals surface area contributed by atoms with Gasteiger partial charge in [0.25, 0.3) is 0 Å². The van der Waals surface area contributed by atoms with Crippen molar-refractivity contribution in [2.75, 3.05) is 0 Å². The number of allylic oxidation sites excluding steroid dienone is 2. The summed E-state index contributed by atoms with van der Waals surface area (Å²) in [5.74, 6) is 0. The summed E-state index contributed by atoms with van der Waals surface area (Å²) < 4.78 is 0. The lowest BCUT2D eigenvalue weighted by Crippen LogP contribution is -2.36. The lowest BCUT2D eigenvalue weighted by Gasteiger charge is -2.45. The van der Waals surface area contributed by atoms with Crippen molar-refractivity contribution in [1.82, 2.24) is 4.98 Å². The number of hydrogen-bond acceptors (Lipinski definition) is 1. The molecule has 1 aromatic heterocycles. The van der Waals surface area contributed by atoms with Gasteiger partial charge in [-0.25, -0.2) is 0 Å². The van der Waals surface area contributed by atoms with Crippen LogP contribution in [0.2, 0.25) is 0 Å². The van der Waals surface area contributed by atoms with Gasteiger partial charge in [-0.1, -0.05) is 77.8 Å². The molecule has 0 N–H and O–H groups in total. The topological polar surface area (TPSA) is 12.9 Å². The SMILES string of the molecule is CC1=C(C)C(C)(C)c2c(-c3cc(C(C)(C)C)ccn3)cccc2C1(C)C. The second kappa shape index (κ2) is 5.81. The van der Waals surface area contributed by atoms with Gasteiger partial charge in [0.2, 0.25) is 0 Å². The molecule has 26 heavy (non-hydrogen) atoms. The molecule has 0 atom stereocenters. The van der Waals surface area contributed by atoms with E-state index in [1.165, 1.54) is 33.4 Å². The summed E-state index contributed by atoms with van der Waals surface area (Å²) in [4.78, 5) is 4.77. The zero-order valence-corrected chi connectivity index (χ0v) is 17.9. The minimum absolute atomic E-state index is 0.00491. The number of pyridine rings is 1. The van der Waals surface area contributed by atoms with E-state index in [4.69, 9.17) is 4.98 Å². The first-order valence-corrected chi connectivity index (χ1v) is 9.68. The summed E-state index contributed by atoms with van der Waals surface area (Å²) in [5.41, 5.74) is 9.71. The van der Waals surface area contributed by atoms with Crippen LogP contribution in [0.4, 0.5) is 0 Å². The highest BCUT2D eigenvalue weighted by atomic mass is 14.7. The van der Waals surface area contributed by atoms with E-state index in [2.05, 4.69) is 92.6 Å². The Bertz CT molecular complexity index is 889. The molecule has 1 heteroatoms. The van der Waals surface area contributed by atoms with Gasteiger partial charge in [0.05, 0.1) is 5.69 Å². The van der Waals surface area contributed by atoms with Crippen LogP contribution in [0.5, 0.6) is 0 Å². The largest absolute Gasteiger partial charge is 0.256 e. The molecule has 0 saturated carbocycles. The average molecular weight is 348 g/mol. The molecule has 0 radical (unpaired) electrons. The molecule has 138 valence electrons. The van der Waals surface area contributed by atoms with Gasteiger partial charge in [-0.05, 0) is 48.1 Å². The molecule has 1 aliphatic rings. The van der Waals surface area contributed by atoms with Crippen molar-refractivity contribution in [3.63, 3.8) is 0 Å². The van der Waals surface area contributed by atoms with Gasteiger partial charge in [0.1, 0.15) is 0 Å². The lowest BCUT2D eigenvalue weighted by atomic mass is 9.59. The third-order valence-electron chi connectivity index (χ3n) is 6.70. The Labute approximate surface area is 159 Å². The van der Waals surface area contributed by atoms with Crippen LogP contribution < -0.4 is 0 Å². The van der Waals surface area contributed by atoms with Gasteiger partial charge in [-0.2, -0.15) is 0 Å². The van der Waals surface area contributed by atoms with Crippen LogP contribution in [0.1, 0.15) is 79.0 Å². The number of fused-ring (bicyclic) bond motifs is 1. The zero-order chi connectivity index (χ0) is 19.5. The lowest BCUT2D eigenvalue weighted by molar-refractivity contribution is 0.505. The molecule has 0 saturated heterocycles. The van der Waals surface area contributed by atoms with Crippen LogP contribution in [0.15, 0.2) is 47.7 Å². The number of benzene rings is 1. The molecule has 0 aliphatic heterocycles. The molecule has 0 unspecified atom stereocenters. The maximum atomic E-state index is 4.77. The van der Waals surface area contributed by atoms with E-state index in [0.29, 0.717) is 0 Å². The maximum absolute atomic E-state index is 4.77. The van der Waals surface area contributed by atoms with Gasteiger partial charge in [-0.3, -0.25) is 4.98 Å². The molecule has 1 aliphatic carbocycles. The van der Waals surface area contributed by atoms with Crippen LogP contribution in [-0.4, -0.2) is 4.98 Å². The highest BCUT2D eigenvalue weighted by molar-refractivity contribution is 5.72. The molecule has 0 spiro atoms.